The van der Waals surface area contributed by atoms with Crippen molar-refractivity contribution in [3.05, 3.63) is 42.8 Å². The number of rotatable bonds is 2. The van der Waals surface area contributed by atoms with E-state index in [9.17, 15) is 8.42 Å². The van der Waals surface area contributed by atoms with Gasteiger partial charge in [0, 0.05) is 18.6 Å². The molecule has 2 rings (SSSR count). The summed E-state index contributed by atoms with van der Waals surface area (Å²) in [6.07, 6.45) is 3.32. The summed E-state index contributed by atoms with van der Waals surface area (Å²) in [5.74, 6) is 0. The Morgan fingerprint density at radius 1 is 1.07 bits per heavy atom. The SMILES string of the molecule is [2H]c1ccc(S(=O)(=O)c2ncc([2H])cn2)nc1. The van der Waals surface area contributed by atoms with Gasteiger partial charge in [-0.15, -0.1) is 0 Å². The third-order valence-electron chi connectivity index (χ3n) is 1.60. The van der Waals surface area contributed by atoms with Gasteiger partial charge in [-0.05, 0) is 18.2 Å². The lowest BCUT2D eigenvalue weighted by molar-refractivity contribution is 0.583. The first-order chi connectivity index (χ1) is 8.00. The number of aromatic nitrogens is 3. The normalized spacial score (nSPS) is 13.1. The van der Waals surface area contributed by atoms with Crippen LogP contribution in [0.3, 0.4) is 0 Å². The molecule has 0 aliphatic rings. The molecule has 0 N–H and O–H groups in total. The number of sulfone groups is 1. The molecule has 0 saturated carbocycles. The summed E-state index contributed by atoms with van der Waals surface area (Å²) < 4.78 is 38.3. The Labute approximate surface area is 89.6 Å². The fourth-order valence-electron chi connectivity index (χ4n) is 0.949. The molecule has 0 radical (unpaired) electrons. The highest BCUT2D eigenvalue weighted by Crippen LogP contribution is 2.12. The molecule has 6 heteroatoms. The molecular weight excluding hydrogens is 214 g/mol. The highest BCUT2D eigenvalue weighted by Gasteiger charge is 2.21. The molecule has 0 aliphatic heterocycles. The summed E-state index contributed by atoms with van der Waals surface area (Å²) in [6, 6.07) is 2.68. The predicted molar refractivity (Wildman–Crippen MR) is 51.7 cm³/mol. The molecule has 76 valence electrons. The Morgan fingerprint density at radius 2 is 1.73 bits per heavy atom. The summed E-state index contributed by atoms with van der Waals surface area (Å²) in [7, 11) is -3.87. The van der Waals surface area contributed by atoms with Crippen LogP contribution in [0.4, 0.5) is 0 Å². The smallest absolute Gasteiger partial charge is 0.244 e. The first kappa shape index (κ1) is 7.47. The molecule has 0 unspecified atom stereocenters. The molecule has 0 fully saturated rings. The van der Waals surface area contributed by atoms with Gasteiger partial charge in [0.25, 0.3) is 15.0 Å². The maximum Gasteiger partial charge on any atom is 0.259 e. The van der Waals surface area contributed by atoms with Crippen molar-refractivity contribution in [1.29, 1.82) is 0 Å². The minimum Gasteiger partial charge on any atom is -0.244 e. The van der Waals surface area contributed by atoms with Crippen LogP contribution in [0.1, 0.15) is 2.74 Å². The van der Waals surface area contributed by atoms with Gasteiger partial charge < -0.3 is 0 Å². The van der Waals surface area contributed by atoms with Crippen molar-refractivity contribution in [2.45, 2.75) is 10.2 Å². The Bertz CT molecular complexity index is 575. The molecule has 2 aromatic rings. The fraction of sp³-hybridized carbons (Fsp3) is 0. The molecule has 15 heavy (non-hydrogen) atoms. The zero-order valence-corrected chi connectivity index (χ0v) is 8.27. The largest absolute Gasteiger partial charge is 0.259 e. The Kier molecular flexibility index (Phi) is 1.86. The fourth-order valence-corrected chi connectivity index (χ4v) is 1.96. The Morgan fingerprint density at radius 3 is 2.33 bits per heavy atom. The van der Waals surface area contributed by atoms with Crippen molar-refractivity contribution in [3.63, 3.8) is 0 Å². The van der Waals surface area contributed by atoms with Crippen molar-refractivity contribution in [3.8, 4) is 0 Å². The quantitative estimate of drug-likeness (QED) is 0.701. The second kappa shape index (κ2) is 3.74. The van der Waals surface area contributed by atoms with E-state index in [-0.39, 0.29) is 17.1 Å². The lowest BCUT2D eigenvalue weighted by Gasteiger charge is -1.99. The van der Waals surface area contributed by atoms with E-state index in [1.54, 1.807) is 0 Å². The highest BCUT2D eigenvalue weighted by molar-refractivity contribution is 7.91. The van der Waals surface area contributed by atoms with Crippen LogP contribution in [-0.2, 0) is 9.84 Å². The zero-order valence-electron chi connectivity index (χ0n) is 9.45. The van der Waals surface area contributed by atoms with Gasteiger partial charge in [0.2, 0.25) is 0 Å². The van der Waals surface area contributed by atoms with Crippen molar-refractivity contribution in [2.75, 3.05) is 0 Å². The van der Waals surface area contributed by atoms with Crippen LogP contribution < -0.4 is 0 Å². The molecular formula is C9H7N3O2S. The maximum atomic E-state index is 11.9. The zero-order chi connectivity index (χ0) is 12.5. The van der Waals surface area contributed by atoms with E-state index in [0.29, 0.717) is 0 Å². The summed E-state index contributed by atoms with van der Waals surface area (Å²) >= 11 is 0. The van der Waals surface area contributed by atoms with Crippen molar-refractivity contribution >= 4 is 9.84 Å². The van der Waals surface area contributed by atoms with Crippen LogP contribution in [0.5, 0.6) is 0 Å². The van der Waals surface area contributed by atoms with E-state index < -0.39 is 15.0 Å². The minimum absolute atomic E-state index is 0.0263. The van der Waals surface area contributed by atoms with Crippen molar-refractivity contribution < 1.29 is 11.2 Å². The van der Waals surface area contributed by atoms with Crippen molar-refractivity contribution in [1.82, 2.24) is 15.0 Å². The molecule has 5 nitrogen and oxygen atoms in total. The molecule has 0 atom stereocenters. The first-order valence-electron chi connectivity index (χ1n) is 4.96. The summed E-state index contributed by atoms with van der Waals surface area (Å²) in [6.45, 7) is 0. The van der Waals surface area contributed by atoms with Crippen LogP contribution in [0.2, 0.25) is 0 Å². The Balaban J connectivity index is 2.50. The maximum absolute atomic E-state index is 11.9. The topological polar surface area (TPSA) is 72.8 Å². The minimum atomic E-state index is -3.87. The van der Waals surface area contributed by atoms with E-state index in [1.165, 1.54) is 12.1 Å². The average molecular weight is 223 g/mol. The van der Waals surface area contributed by atoms with Crippen LogP contribution in [0.25, 0.3) is 0 Å². The molecule has 2 heterocycles. The van der Waals surface area contributed by atoms with Gasteiger partial charge >= 0.3 is 0 Å². The number of pyridine rings is 1. The average Bonchev–Trinajstić information content (AvgIpc) is 2.30. The third-order valence-corrected chi connectivity index (χ3v) is 3.09. The molecule has 0 spiro atoms. The monoisotopic (exact) mass is 223 g/mol. The summed E-state index contributed by atoms with van der Waals surface area (Å²) in [4.78, 5) is 10.8. The standard InChI is InChI=1S/C9H7N3O2S/c13-15(14,8-4-1-2-5-10-8)9-11-6-3-7-12-9/h1-7H/i2D,3D. The first-order valence-corrected chi connectivity index (χ1v) is 5.45. The molecule has 0 bridgehead atoms. The predicted octanol–water partition coefficient (Wildman–Crippen LogP) is 0.704. The van der Waals surface area contributed by atoms with Gasteiger partial charge in [-0.3, -0.25) is 0 Å². The third kappa shape index (κ3) is 1.84. The van der Waals surface area contributed by atoms with Crippen LogP contribution >= 0.6 is 0 Å². The van der Waals surface area contributed by atoms with E-state index in [0.717, 1.165) is 18.6 Å². The lowest BCUT2D eigenvalue weighted by Crippen LogP contribution is -2.07. The molecule has 2 aromatic heterocycles. The van der Waals surface area contributed by atoms with Crippen molar-refractivity contribution in [2.24, 2.45) is 0 Å². The second-order valence-corrected chi connectivity index (χ2v) is 4.36. The molecule has 0 aliphatic carbocycles. The van der Waals surface area contributed by atoms with Crippen LogP contribution in [0, 0.1) is 0 Å². The molecule has 0 amide bonds. The van der Waals surface area contributed by atoms with E-state index in [2.05, 4.69) is 15.0 Å². The second-order valence-electron chi connectivity index (χ2n) is 2.57. The van der Waals surface area contributed by atoms with E-state index in [1.807, 2.05) is 0 Å². The number of nitrogens with zero attached hydrogens (tertiary/aromatic N) is 3. The van der Waals surface area contributed by atoms with Gasteiger partial charge in [-0.2, -0.15) is 0 Å². The van der Waals surface area contributed by atoms with Crippen LogP contribution in [-0.4, -0.2) is 23.4 Å². The van der Waals surface area contributed by atoms with Gasteiger partial charge in [0.1, 0.15) is 0 Å². The number of hydrogen-bond acceptors (Lipinski definition) is 5. The van der Waals surface area contributed by atoms with Gasteiger partial charge in [-0.25, -0.2) is 23.4 Å². The van der Waals surface area contributed by atoms with E-state index >= 15 is 0 Å². The van der Waals surface area contributed by atoms with Gasteiger partial charge in [0.15, 0.2) is 5.03 Å². The lowest BCUT2D eigenvalue weighted by atomic mass is 10.5. The Hall–Kier alpha value is -1.82. The van der Waals surface area contributed by atoms with E-state index in [4.69, 9.17) is 2.74 Å². The summed E-state index contributed by atoms with van der Waals surface area (Å²) in [5.41, 5.74) is 0. The summed E-state index contributed by atoms with van der Waals surface area (Å²) in [5, 5.41) is -0.620. The molecule has 0 saturated heterocycles. The van der Waals surface area contributed by atoms with Gasteiger partial charge in [-0.1, -0.05) is 6.07 Å². The van der Waals surface area contributed by atoms with Gasteiger partial charge in [0.05, 0.1) is 2.74 Å². The highest BCUT2D eigenvalue weighted by atomic mass is 32.2. The van der Waals surface area contributed by atoms with Crippen LogP contribution in [0.15, 0.2) is 53.0 Å². The number of hydrogen-bond donors (Lipinski definition) is 0. The molecule has 0 aromatic carbocycles.